The molecule has 0 atom stereocenters. The molecule has 0 unspecified atom stereocenters. The van der Waals surface area contributed by atoms with Crippen LogP contribution < -0.4 is 4.72 Å². The van der Waals surface area contributed by atoms with Crippen molar-refractivity contribution >= 4 is 26.9 Å². The molecule has 1 heterocycles. The van der Waals surface area contributed by atoms with E-state index in [2.05, 4.69) is 4.72 Å². The lowest BCUT2D eigenvalue weighted by Crippen LogP contribution is -2.38. The number of rotatable bonds is 3. The lowest BCUT2D eigenvalue weighted by Gasteiger charge is -2.11. The van der Waals surface area contributed by atoms with Crippen molar-refractivity contribution < 1.29 is 17.6 Å². The molecule has 1 amide bonds. The fourth-order valence-corrected chi connectivity index (χ4v) is 3.44. The van der Waals surface area contributed by atoms with Gasteiger partial charge in [0.1, 0.15) is 11.8 Å². The van der Waals surface area contributed by atoms with Crippen LogP contribution >= 0.6 is 0 Å². The molecule has 0 bridgehead atoms. The molecular weight excluding hydrogens is 290 g/mol. The molecule has 1 aromatic carbocycles. The Labute approximate surface area is 123 Å². The first kappa shape index (κ1) is 14.1. The highest BCUT2D eigenvalue weighted by Crippen LogP contribution is 2.42. The molecule has 21 heavy (non-hydrogen) atoms. The van der Waals surface area contributed by atoms with Gasteiger partial charge in [0, 0.05) is 5.39 Å². The molecule has 6 heteroatoms. The molecule has 0 aliphatic heterocycles. The lowest BCUT2D eigenvalue weighted by atomic mass is 10.1. The van der Waals surface area contributed by atoms with Gasteiger partial charge in [-0.3, -0.25) is 4.79 Å². The summed E-state index contributed by atoms with van der Waals surface area (Å²) < 4.78 is 30.9. The van der Waals surface area contributed by atoms with Crippen molar-refractivity contribution in [3.05, 3.63) is 35.1 Å². The maximum atomic E-state index is 12.3. The van der Waals surface area contributed by atoms with Gasteiger partial charge in [0.05, 0.1) is 10.3 Å². The van der Waals surface area contributed by atoms with E-state index >= 15 is 0 Å². The van der Waals surface area contributed by atoms with Crippen molar-refractivity contribution in [1.29, 1.82) is 0 Å². The Bertz CT molecular complexity index is 844. The van der Waals surface area contributed by atoms with Gasteiger partial charge in [-0.05, 0) is 56.9 Å². The number of aryl methyl sites for hydroxylation is 2. The third kappa shape index (κ3) is 2.23. The van der Waals surface area contributed by atoms with Crippen molar-refractivity contribution in [2.24, 2.45) is 0 Å². The number of sulfonamides is 1. The molecule has 0 saturated heterocycles. The lowest BCUT2D eigenvalue weighted by molar-refractivity contribution is 0.0981. The number of carbonyl (C=O) groups is 1. The van der Waals surface area contributed by atoms with Gasteiger partial charge in [-0.25, -0.2) is 13.1 Å². The summed E-state index contributed by atoms with van der Waals surface area (Å²) in [5, 5.41) is 0.631. The summed E-state index contributed by atoms with van der Waals surface area (Å²) in [4.78, 5) is 12.3. The van der Waals surface area contributed by atoms with Gasteiger partial charge in [-0.2, -0.15) is 0 Å². The van der Waals surface area contributed by atoms with Gasteiger partial charge in [0.25, 0.3) is 5.91 Å². The molecule has 1 aliphatic carbocycles. The van der Waals surface area contributed by atoms with Crippen LogP contribution in [0.4, 0.5) is 0 Å². The molecule has 1 fully saturated rings. The average molecular weight is 307 g/mol. The third-order valence-corrected chi connectivity index (χ3v) is 6.42. The number of furan rings is 1. The van der Waals surface area contributed by atoms with Gasteiger partial charge in [-0.1, -0.05) is 0 Å². The number of nitrogens with one attached hydrogen (secondary N) is 1. The van der Waals surface area contributed by atoms with Gasteiger partial charge < -0.3 is 4.42 Å². The maximum absolute atomic E-state index is 12.3. The number of fused-ring (bicyclic) bond motifs is 1. The van der Waals surface area contributed by atoms with Crippen molar-refractivity contribution in [1.82, 2.24) is 4.72 Å². The van der Waals surface area contributed by atoms with E-state index < -0.39 is 20.7 Å². The summed E-state index contributed by atoms with van der Waals surface area (Å²) in [5.41, 5.74) is 2.91. The quantitative estimate of drug-likeness (QED) is 0.945. The Morgan fingerprint density at radius 3 is 2.48 bits per heavy atom. The van der Waals surface area contributed by atoms with E-state index in [0.717, 1.165) is 11.1 Å². The number of carbonyl (C=O) groups excluding carboxylic acids is 1. The minimum absolute atomic E-state index is 0.251. The van der Waals surface area contributed by atoms with Crippen molar-refractivity contribution in [3.8, 4) is 0 Å². The maximum Gasteiger partial charge on any atom is 0.268 e. The van der Waals surface area contributed by atoms with Gasteiger partial charge >= 0.3 is 0 Å². The SMILES string of the molecule is Cc1cc2occ(C(=O)NS(=O)(=O)C3(C)CC3)c2cc1C. The van der Waals surface area contributed by atoms with Crippen LogP contribution in [0.2, 0.25) is 0 Å². The second-order valence-electron chi connectivity index (χ2n) is 5.97. The topological polar surface area (TPSA) is 76.4 Å². The van der Waals surface area contributed by atoms with Crippen LogP contribution in [0, 0.1) is 13.8 Å². The summed E-state index contributed by atoms with van der Waals surface area (Å²) in [6.45, 7) is 5.53. The van der Waals surface area contributed by atoms with Crippen LogP contribution in [0.1, 0.15) is 41.3 Å². The average Bonchev–Trinajstić information content (AvgIpc) is 3.02. The highest BCUT2D eigenvalue weighted by Gasteiger charge is 2.51. The largest absolute Gasteiger partial charge is 0.463 e. The number of hydrogen-bond donors (Lipinski definition) is 1. The fraction of sp³-hybridized carbons (Fsp3) is 0.400. The number of hydrogen-bond acceptors (Lipinski definition) is 4. The highest BCUT2D eigenvalue weighted by molar-refractivity contribution is 7.91. The Morgan fingerprint density at radius 2 is 1.86 bits per heavy atom. The molecule has 0 radical (unpaired) electrons. The van der Waals surface area contributed by atoms with Crippen LogP contribution in [0.25, 0.3) is 11.0 Å². The zero-order valence-electron chi connectivity index (χ0n) is 12.2. The highest BCUT2D eigenvalue weighted by atomic mass is 32.2. The number of amides is 1. The molecule has 1 N–H and O–H groups in total. The van der Waals surface area contributed by atoms with E-state index in [9.17, 15) is 13.2 Å². The molecular formula is C15H17NO4S. The first-order chi connectivity index (χ1) is 9.73. The van der Waals surface area contributed by atoms with Crippen LogP contribution in [-0.4, -0.2) is 19.1 Å². The Hall–Kier alpha value is -1.82. The number of benzene rings is 1. The van der Waals surface area contributed by atoms with E-state index in [1.54, 1.807) is 6.92 Å². The van der Waals surface area contributed by atoms with E-state index in [1.165, 1.54) is 6.26 Å². The molecule has 1 aliphatic rings. The molecule has 112 valence electrons. The first-order valence-electron chi connectivity index (χ1n) is 6.79. The van der Waals surface area contributed by atoms with Crippen LogP contribution in [0.15, 0.2) is 22.8 Å². The minimum atomic E-state index is -3.64. The monoisotopic (exact) mass is 307 g/mol. The molecule has 2 aromatic rings. The summed E-state index contributed by atoms with van der Waals surface area (Å²) >= 11 is 0. The zero-order valence-corrected chi connectivity index (χ0v) is 13.0. The second-order valence-corrected chi connectivity index (χ2v) is 8.16. The van der Waals surface area contributed by atoms with Crippen LogP contribution in [0.5, 0.6) is 0 Å². The Kier molecular flexibility index (Phi) is 2.92. The smallest absolute Gasteiger partial charge is 0.268 e. The molecule has 1 aromatic heterocycles. The van der Waals surface area contributed by atoms with Crippen molar-refractivity contribution in [2.45, 2.75) is 38.4 Å². The molecule has 0 spiro atoms. The van der Waals surface area contributed by atoms with Crippen molar-refractivity contribution in [3.63, 3.8) is 0 Å². The third-order valence-electron chi connectivity index (χ3n) is 4.26. The predicted molar refractivity (Wildman–Crippen MR) is 79.7 cm³/mol. The Balaban J connectivity index is 1.97. The van der Waals surface area contributed by atoms with Crippen molar-refractivity contribution in [2.75, 3.05) is 0 Å². The predicted octanol–water partition coefficient (Wildman–Crippen LogP) is 2.66. The zero-order chi connectivity index (χ0) is 15.4. The summed E-state index contributed by atoms with van der Waals surface area (Å²) in [5.74, 6) is -0.634. The van der Waals surface area contributed by atoms with Crippen LogP contribution in [0.3, 0.4) is 0 Å². The molecule has 3 rings (SSSR count). The Morgan fingerprint density at radius 1 is 1.24 bits per heavy atom. The summed E-state index contributed by atoms with van der Waals surface area (Å²) in [6.07, 6.45) is 2.48. The van der Waals surface area contributed by atoms with Gasteiger partial charge in [0.15, 0.2) is 0 Å². The van der Waals surface area contributed by atoms with E-state index in [1.807, 2.05) is 26.0 Å². The summed E-state index contributed by atoms with van der Waals surface area (Å²) in [7, 11) is -3.64. The molecule has 1 saturated carbocycles. The van der Waals surface area contributed by atoms with E-state index in [0.29, 0.717) is 23.8 Å². The van der Waals surface area contributed by atoms with E-state index in [-0.39, 0.29) is 5.56 Å². The fourth-order valence-electron chi connectivity index (χ4n) is 2.20. The summed E-state index contributed by atoms with van der Waals surface area (Å²) in [6, 6.07) is 3.69. The van der Waals surface area contributed by atoms with Crippen LogP contribution in [-0.2, 0) is 10.0 Å². The van der Waals surface area contributed by atoms with Gasteiger partial charge in [-0.15, -0.1) is 0 Å². The second kappa shape index (κ2) is 4.34. The minimum Gasteiger partial charge on any atom is -0.463 e. The standard InChI is InChI=1S/C15H17NO4S/c1-9-6-11-12(8-20-13(11)7-10(9)2)14(17)16-21(18,19)15(3)4-5-15/h6-8H,4-5H2,1-3H3,(H,16,17). The first-order valence-corrected chi connectivity index (χ1v) is 8.27. The molecule has 5 nitrogen and oxygen atoms in total. The normalized spacial score (nSPS) is 16.9. The van der Waals surface area contributed by atoms with E-state index in [4.69, 9.17) is 4.42 Å². The van der Waals surface area contributed by atoms with Gasteiger partial charge in [0.2, 0.25) is 10.0 Å².